The first kappa shape index (κ1) is 20.0. The molecule has 4 rings (SSSR count). The maximum absolute atomic E-state index is 12.8. The highest BCUT2D eigenvalue weighted by Gasteiger charge is 2.37. The van der Waals surface area contributed by atoms with E-state index in [4.69, 9.17) is 16.0 Å². The zero-order valence-electron chi connectivity index (χ0n) is 15.6. The number of hydrogen-bond acceptors (Lipinski definition) is 6. The highest BCUT2D eigenvalue weighted by molar-refractivity contribution is 6.39. The molecule has 0 aliphatic carbocycles. The van der Waals surface area contributed by atoms with E-state index in [0.717, 1.165) is 4.90 Å². The molecule has 2 aromatic carbocycles. The number of amides is 4. The molecule has 154 valence electrons. The first-order valence-corrected chi connectivity index (χ1v) is 9.23. The van der Waals surface area contributed by atoms with Gasteiger partial charge in [0.05, 0.1) is 10.6 Å². The van der Waals surface area contributed by atoms with E-state index in [-0.39, 0.29) is 27.8 Å². The van der Waals surface area contributed by atoms with E-state index in [1.54, 1.807) is 36.4 Å². The van der Waals surface area contributed by atoms with Gasteiger partial charge in [0.1, 0.15) is 22.1 Å². The lowest BCUT2D eigenvalue weighted by atomic mass is 10.1. The average Bonchev–Trinajstić information content (AvgIpc) is 3.20. The largest absolute Gasteiger partial charge is 0.457 e. The van der Waals surface area contributed by atoms with Crippen LogP contribution in [0.2, 0.25) is 5.02 Å². The number of benzene rings is 2. The molecular formula is C21H12ClN3O6. The number of rotatable bonds is 4. The summed E-state index contributed by atoms with van der Waals surface area (Å²) in [6.07, 6.45) is 1.20. The summed E-state index contributed by atoms with van der Waals surface area (Å²) < 4.78 is 5.63. The number of para-hydroxylation sites is 1. The van der Waals surface area contributed by atoms with Gasteiger partial charge in [0.15, 0.2) is 0 Å². The molecule has 0 atom stereocenters. The zero-order chi connectivity index (χ0) is 22.1. The molecule has 0 bridgehead atoms. The van der Waals surface area contributed by atoms with Crippen LogP contribution in [0.15, 0.2) is 70.7 Å². The second kappa shape index (κ2) is 7.88. The molecule has 1 saturated heterocycles. The quantitative estimate of drug-likeness (QED) is 0.283. The van der Waals surface area contributed by atoms with E-state index >= 15 is 0 Å². The summed E-state index contributed by atoms with van der Waals surface area (Å²) in [5.41, 5.74) is 0.110. The number of nitro groups is 1. The highest BCUT2D eigenvalue weighted by Crippen LogP contribution is 2.32. The van der Waals surface area contributed by atoms with E-state index in [1.807, 2.05) is 0 Å². The molecule has 0 spiro atoms. The molecule has 0 unspecified atom stereocenters. The van der Waals surface area contributed by atoms with Crippen LogP contribution in [0.3, 0.4) is 0 Å². The van der Waals surface area contributed by atoms with Crippen molar-refractivity contribution in [1.29, 1.82) is 0 Å². The monoisotopic (exact) mass is 437 g/mol. The van der Waals surface area contributed by atoms with Crippen molar-refractivity contribution >= 4 is 46.9 Å². The molecule has 31 heavy (non-hydrogen) atoms. The van der Waals surface area contributed by atoms with Gasteiger partial charge in [-0.25, -0.2) is 9.69 Å². The second-order valence-corrected chi connectivity index (χ2v) is 6.83. The van der Waals surface area contributed by atoms with Crippen molar-refractivity contribution < 1.29 is 23.7 Å². The Kier molecular flexibility index (Phi) is 5.10. The SMILES string of the molecule is O=C1NC(=O)N(c2ccccc2)C(=O)C1=Cc1ccc(-c2ccc(Cl)c([N+](=O)[O-])c2)o1. The summed E-state index contributed by atoms with van der Waals surface area (Å²) in [6, 6.07) is 14.5. The Morgan fingerprint density at radius 3 is 2.48 bits per heavy atom. The van der Waals surface area contributed by atoms with Gasteiger partial charge in [-0.05, 0) is 42.5 Å². The van der Waals surface area contributed by atoms with Gasteiger partial charge < -0.3 is 4.42 Å². The lowest BCUT2D eigenvalue weighted by Crippen LogP contribution is -2.54. The van der Waals surface area contributed by atoms with Gasteiger partial charge in [-0.1, -0.05) is 29.8 Å². The Morgan fingerprint density at radius 1 is 1.03 bits per heavy atom. The number of urea groups is 1. The molecule has 0 saturated carbocycles. The van der Waals surface area contributed by atoms with Crippen molar-refractivity contribution in [3.63, 3.8) is 0 Å². The number of carbonyl (C=O) groups excluding carboxylic acids is 3. The standard InChI is InChI=1S/C21H12ClN3O6/c22-16-8-6-12(10-17(16)25(29)30)18-9-7-14(31-18)11-15-19(26)23-21(28)24(20(15)27)13-4-2-1-3-5-13/h1-11H,(H,23,26,28). The van der Waals surface area contributed by atoms with Crippen LogP contribution in [0, 0.1) is 10.1 Å². The fourth-order valence-corrected chi connectivity index (χ4v) is 3.19. The van der Waals surface area contributed by atoms with Crippen molar-refractivity contribution in [1.82, 2.24) is 5.32 Å². The topological polar surface area (TPSA) is 123 Å². The normalized spacial score (nSPS) is 15.3. The molecule has 10 heteroatoms. The van der Waals surface area contributed by atoms with Crippen LogP contribution in [0.1, 0.15) is 5.76 Å². The van der Waals surface area contributed by atoms with Gasteiger partial charge in [0.25, 0.3) is 17.5 Å². The molecule has 1 N–H and O–H groups in total. The van der Waals surface area contributed by atoms with Crippen LogP contribution in [-0.4, -0.2) is 22.8 Å². The van der Waals surface area contributed by atoms with Crippen molar-refractivity contribution in [2.24, 2.45) is 0 Å². The third kappa shape index (κ3) is 3.81. The number of halogens is 1. The Morgan fingerprint density at radius 2 is 1.77 bits per heavy atom. The van der Waals surface area contributed by atoms with Crippen LogP contribution in [0.4, 0.5) is 16.2 Å². The number of furan rings is 1. The smallest absolute Gasteiger partial charge is 0.335 e. The molecule has 2 heterocycles. The number of imide groups is 2. The van der Waals surface area contributed by atoms with Gasteiger partial charge in [-0.3, -0.25) is 25.0 Å². The van der Waals surface area contributed by atoms with Gasteiger partial charge >= 0.3 is 6.03 Å². The second-order valence-electron chi connectivity index (χ2n) is 6.42. The van der Waals surface area contributed by atoms with Crippen LogP contribution in [0.5, 0.6) is 0 Å². The Labute approximate surface area is 179 Å². The lowest BCUT2D eigenvalue weighted by molar-refractivity contribution is -0.384. The predicted molar refractivity (Wildman–Crippen MR) is 111 cm³/mol. The summed E-state index contributed by atoms with van der Waals surface area (Å²) in [7, 11) is 0. The average molecular weight is 438 g/mol. The maximum atomic E-state index is 12.8. The van der Waals surface area contributed by atoms with E-state index < -0.39 is 22.8 Å². The Hall–Kier alpha value is -4.24. The molecular weight excluding hydrogens is 426 g/mol. The van der Waals surface area contributed by atoms with Crippen molar-refractivity contribution in [3.8, 4) is 11.3 Å². The first-order valence-electron chi connectivity index (χ1n) is 8.86. The fraction of sp³-hybridized carbons (Fsp3) is 0. The van der Waals surface area contributed by atoms with Crippen LogP contribution in [0.25, 0.3) is 17.4 Å². The third-order valence-corrected chi connectivity index (χ3v) is 4.78. The number of nitro benzene ring substituents is 1. The minimum absolute atomic E-state index is 0.0159. The number of nitrogens with one attached hydrogen (secondary N) is 1. The number of barbiturate groups is 1. The Bertz CT molecular complexity index is 1270. The van der Waals surface area contributed by atoms with Crippen molar-refractivity contribution in [2.75, 3.05) is 4.90 Å². The molecule has 1 aliphatic rings. The minimum Gasteiger partial charge on any atom is -0.457 e. The number of anilines is 1. The molecule has 9 nitrogen and oxygen atoms in total. The van der Waals surface area contributed by atoms with E-state index in [1.165, 1.54) is 30.3 Å². The molecule has 1 aromatic heterocycles. The summed E-state index contributed by atoms with van der Waals surface area (Å²) in [5, 5.41) is 13.2. The molecule has 3 aromatic rings. The first-order chi connectivity index (χ1) is 14.8. The molecule has 1 fully saturated rings. The summed E-state index contributed by atoms with van der Waals surface area (Å²) >= 11 is 5.82. The number of carbonyl (C=O) groups is 3. The van der Waals surface area contributed by atoms with E-state index in [0.29, 0.717) is 11.3 Å². The van der Waals surface area contributed by atoms with Crippen molar-refractivity contribution in [3.05, 3.63) is 87.1 Å². The zero-order valence-corrected chi connectivity index (χ0v) is 16.3. The summed E-state index contributed by atoms with van der Waals surface area (Å²) in [6.45, 7) is 0. The van der Waals surface area contributed by atoms with Gasteiger partial charge in [0.2, 0.25) is 0 Å². The Balaban J connectivity index is 1.67. The van der Waals surface area contributed by atoms with Crippen LogP contribution < -0.4 is 10.2 Å². The van der Waals surface area contributed by atoms with Gasteiger partial charge in [-0.2, -0.15) is 0 Å². The predicted octanol–water partition coefficient (Wildman–Crippen LogP) is 4.17. The lowest BCUT2D eigenvalue weighted by Gasteiger charge is -2.26. The highest BCUT2D eigenvalue weighted by atomic mass is 35.5. The van der Waals surface area contributed by atoms with Crippen molar-refractivity contribution in [2.45, 2.75) is 0 Å². The number of hydrogen-bond donors (Lipinski definition) is 1. The number of nitrogens with zero attached hydrogens (tertiary/aromatic N) is 2. The molecule has 4 amide bonds. The minimum atomic E-state index is -0.859. The molecule has 1 aliphatic heterocycles. The summed E-state index contributed by atoms with van der Waals surface area (Å²) in [5.74, 6) is -1.25. The van der Waals surface area contributed by atoms with E-state index in [2.05, 4.69) is 5.32 Å². The summed E-state index contributed by atoms with van der Waals surface area (Å²) in [4.78, 5) is 48.6. The molecule has 0 radical (unpaired) electrons. The van der Waals surface area contributed by atoms with E-state index in [9.17, 15) is 24.5 Å². The van der Waals surface area contributed by atoms with Crippen LogP contribution >= 0.6 is 11.6 Å². The van der Waals surface area contributed by atoms with Gasteiger partial charge in [-0.15, -0.1) is 0 Å². The fourth-order valence-electron chi connectivity index (χ4n) is 3.00. The van der Waals surface area contributed by atoms with Gasteiger partial charge in [0, 0.05) is 11.6 Å². The van der Waals surface area contributed by atoms with Crippen LogP contribution in [-0.2, 0) is 9.59 Å². The third-order valence-electron chi connectivity index (χ3n) is 4.46. The maximum Gasteiger partial charge on any atom is 0.335 e.